The van der Waals surface area contributed by atoms with E-state index in [0.717, 1.165) is 25.7 Å². The third kappa shape index (κ3) is 2.97. The Hall–Kier alpha value is -0.610. The predicted molar refractivity (Wildman–Crippen MR) is 50.0 cm³/mol. The van der Waals surface area contributed by atoms with Crippen LogP contribution in [0.5, 0.6) is 0 Å². The van der Waals surface area contributed by atoms with Gasteiger partial charge >= 0.3 is 5.97 Å². The van der Waals surface area contributed by atoms with Gasteiger partial charge in [0, 0.05) is 11.6 Å². The van der Waals surface area contributed by atoms with Gasteiger partial charge in [0.15, 0.2) is 0 Å². The van der Waals surface area contributed by atoms with Crippen LogP contribution in [0.3, 0.4) is 0 Å². The van der Waals surface area contributed by atoms with Gasteiger partial charge < -0.3 is 16.2 Å². The van der Waals surface area contributed by atoms with Gasteiger partial charge in [0.05, 0.1) is 13.5 Å². The largest absolute Gasteiger partial charge is 0.469 e. The average Bonchev–Trinajstić information content (AvgIpc) is 2.02. The molecule has 0 bridgehead atoms. The van der Waals surface area contributed by atoms with E-state index in [1.165, 1.54) is 7.11 Å². The second-order valence-electron chi connectivity index (χ2n) is 3.97. The Kier molecular flexibility index (Phi) is 3.27. The van der Waals surface area contributed by atoms with Crippen molar-refractivity contribution < 1.29 is 9.53 Å². The van der Waals surface area contributed by atoms with Crippen LogP contribution in [0.2, 0.25) is 0 Å². The Morgan fingerprint density at radius 1 is 1.69 bits per heavy atom. The lowest BCUT2D eigenvalue weighted by molar-refractivity contribution is -0.142. The van der Waals surface area contributed by atoms with E-state index in [-0.39, 0.29) is 18.4 Å². The first-order valence-corrected chi connectivity index (χ1v) is 4.67. The number of carbonyl (C=O) groups excluding carboxylic acids is 1. The number of hydrogen-bond acceptors (Lipinski definition) is 4. The standard InChI is InChI=1S/C9H18N2O2/c1-13-8(12)6-9(11)4-2-3-7(10)5-9/h7H,2-6,10-11H2,1H3. The van der Waals surface area contributed by atoms with Gasteiger partial charge in [-0.05, 0) is 19.3 Å². The zero-order valence-corrected chi connectivity index (χ0v) is 8.08. The van der Waals surface area contributed by atoms with E-state index in [1.807, 2.05) is 0 Å². The molecule has 0 saturated heterocycles. The highest BCUT2D eigenvalue weighted by atomic mass is 16.5. The summed E-state index contributed by atoms with van der Waals surface area (Å²) in [5.41, 5.74) is 11.4. The van der Waals surface area contributed by atoms with Crippen LogP contribution in [0.1, 0.15) is 32.1 Å². The molecule has 76 valence electrons. The molecule has 0 aromatic carbocycles. The van der Waals surface area contributed by atoms with E-state index < -0.39 is 5.54 Å². The van der Waals surface area contributed by atoms with E-state index in [9.17, 15) is 4.79 Å². The Balaban J connectivity index is 2.49. The van der Waals surface area contributed by atoms with E-state index >= 15 is 0 Å². The van der Waals surface area contributed by atoms with E-state index in [1.54, 1.807) is 0 Å². The molecular formula is C9H18N2O2. The summed E-state index contributed by atoms with van der Waals surface area (Å²) in [6.45, 7) is 0. The van der Waals surface area contributed by atoms with Crippen molar-refractivity contribution in [3.63, 3.8) is 0 Å². The molecule has 2 unspecified atom stereocenters. The maximum atomic E-state index is 11.0. The van der Waals surface area contributed by atoms with Crippen molar-refractivity contribution in [2.45, 2.75) is 43.7 Å². The van der Waals surface area contributed by atoms with Crippen LogP contribution in [-0.2, 0) is 9.53 Å². The SMILES string of the molecule is COC(=O)CC1(N)CCCC(N)C1. The molecule has 1 fully saturated rings. The normalized spacial score (nSPS) is 34.2. The fraction of sp³-hybridized carbons (Fsp3) is 0.889. The molecule has 13 heavy (non-hydrogen) atoms. The van der Waals surface area contributed by atoms with Gasteiger partial charge in [-0.3, -0.25) is 4.79 Å². The molecule has 2 atom stereocenters. The number of hydrogen-bond donors (Lipinski definition) is 2. The number of carbonyl (C=O) groups is 1. The minimum Gasteiger partial charge on any atom is -0.469 e. The van der Waals surface area contributed by atoms with Crippen LogP contribution in [0, 0.1) is 0 Å². The summed E-state index contributed by atoms with van der Waals surface area (Å²) in [7, 11) is 1.38. The van der Waals surface area contributed by atoms with Gasteiger partial charge in [-0.15, -0.1) is 0 Å². The lowest BCUT2D eigenvalue weighted by atomic mass is 9.78. The number of nitrogens with two attached hydrogens (primary N) is 2. The predicted octanol–water partition coefficient (Wildman–Crippen LogP) is 0.148. The molecule has 4 nitrogen and oxygen atoms in total. The Labute approximate surface area is 78.6 Å². The van der Waals surface area contributed by atoms with Crippen LogP contribution < -0.4 is 11.5 Å². The average molecular weight is 186 g/mol. The van der Waals surface area contributed by atoms with Crippen LogP contribution in [-0.4, -0.2) is 24.7 Å². The molecule has 0 heterocycles. The highest BCUT2D eigenvalue weighted by Crippen LogP contribution is 2.28. The van der Waals surface area contributed by atoms with Crippen molar-refractivity contribution in [1.82, 2.24) is 0 Å². The van der Waals surface area contributed by atoms with Gasteiger partial charge in [0.1, 0.15) is 0 Å². The molecule has 0 aromatic heterocycles. The molecule has 1 saturated carbocycles. The summed E-state index contributed by atoms with van der Waals surface area (Å²) < 4.78 is 4.59. The van der Waals surface area contributed by atoms with Crippen LogP contribution in [0.4, 0.5) is 0 Å². The van der Waals surface area contributed by atoms with Crippen molar-refractivity contribution in [3.8, 4) is 0 Å². The summed E-state index contributed by atoms with van der Waals surface area (Å²) in [6, 6.07) is 0.142. The Morgan fingerprint density at radius 2 is 2.38 bits per heavy atom. The molecule has 0 radical (unpaired) electrons. The molecule has 0 amide bonds. The van der Waals surface area contributed by atoms with Crippen LogP contribution >= 0.6 is 0 Å². The summed E-state index contributed by atoms with van der Waals surface area (Å²) in [4.78, 5) is 11.0. The molecule has 4 heteroatoms. The highest BCUT2D eigenvalue weighted by molar-refractivity contribution is 5.70. The smallest absolute Gasteiger partial charge is 0.307 e. The van der Waals surface area contributed by atoms with Gasteiger partial charge in [-0.2, -0.15) is 0 Å². The molecule has 1 rings (SSSR count). The number of esters is 1. The Morgan fingerprint density at radius 3 is 2.92 bits per heavy atom. The van der Waals surface area contributed by atoms with Crippen LogP contribution in [0.25, 0.3) is 0 Å². The molecule has 4 N–H and O–H groups in total. The van der Waals surface area contributed by atoms with Gasteiger partial charge in [0.25, 0.3) is 0 Å². The molecule has 1 aliphatic rings. The zero-order valence-electron chi connectivity index (χ0n) is 8.08. The fourth-order valence-electron chi connectivity index (χ4n) is 1.96. The minimum atomic E-state index is -0.426. The van der Waals surface area contributed by atoms with Crippen molar-refractivity contribution in [2.75, 3.05) is 7.11 Å². The molecular weight excluding hydrogens is 168 g/mol. The van der Waals surface area contributed by atoms with Crippen molar-refractivity contribution >= 4 is 5.97 Å². The minimum absolute atomic E-state index is 0.142. The number of rotatable bonds is 2. The monoisotopic (exact) mass is 186 g/mol. The molecule has 1 aliphatic carbocycles. The second kappa shape index (κ2) is 4.07. The van der Waals surface area contributed by atoms with Crippen molar-refractivity contribution in [3.05, 3.63) is 0 Å². The number of methoxy groups -OCH3 is 1. The van der Waals surface area contributed by atoms with Gasteiger partial charge in [-0.1, -0.05) is 6.42 Å². The van der Waals surface area contributed by atoms with Gasteiger partial charge in [-0.25, -0.2) is 0 Å². The van der Waals surface area contributed by atoms with E-state index in [2.05, 4.69) is 4.74 Å². The Bertz CT molecular complexity index is 196. The second-order valence-corrected chi connectivity index (χ2v) is 3.97. The maximum absolute atomic E-state index is 11.0. The topological polar surface area (TPSA) is 78.3 Å². The van der Waals surface area contributed by atoms with Crippen molar-refractivity contribution in [2.24, 2.45) is 11.5 Å². The molecule has 0 aromatic rings. The third-order valence-electron chi connectivity index (χ3n) is 2.64. The van der Waals surface area contributed by atoms with E-state index in [4.69, 9.17) is 11.5 Å². The number of ether oxygens (including phenoxy) is 1. The summed E-state index contributed by atoms with van der Waals surface area (Å²) in [5.74, 6) is -0.239. The third-order valence-corrected chi connectivity index (χ3v) is 2.64. The van der Waals surface area contributed by atoms with Crippen molar-refractivity contribution in [1.29, 1.82) is 0 Å². The first-order valence-electron chi connectivity index (χ1n) is 4.67. The van der Waals surface area contributed by atoms with Gasteiger partial charge in [0.2, 0.25) is 0 Å². The summed E-state index contributed by atoms with van der Waals surface area (Å²) >= 11 is 0. The molecule has 0 aliphatic heterocycles. The first kappa shape index (κ1) is 10.5. The lowest BCUT2D eigenvalue weighted by Crippen LogP contribution is -2.49. The lowest BCUT2D eigenvalue weighted by Gasteiger charge is -2.35. The quantitative estimate of drug-likeness (QED) is 0.602. The zero-order chi connectivity index (χ0) is 9.90. The van der Waals surface area contributed by atoms with E-state index in [0.29, 0.717) is 0 Å². The van der Waals surface area contributed by atoms with Crippen LogP contribution in [0.15, 0.2) is 0 Å². The summed E-state index contributed by atoms with van der Waals surface area (Å²) in [6.07, 6.45) is 3.91. The fourth-order valence-corrected chi connectivity index (χ4v) is 1.96. The maximum Gasteiger partial charge on any atom is 0.307 e. The molecule has 0 spiro atoms. The summed E-state index contributed by atoms with van der Waals surface area (Å²) in [5, 5.41) is 0. The highest BCUT2D eigenvalue weighted by Gasteiger charge is 2.33. The first-order chi connectivity index (χ1) is 6.06.